The van der Waals surface area contributed by atoms with Crippen molar-refractivity contribution in [3.63, 3.8) is 0 Å². The molecule has 78 valence electrons. The van der Waals surface area contributed by atoms with Gasteiger partial charge in [-0.3, -0.25) is 9.59 Å². The molecule has 0 aromatic heterocycles. The highest BCUT2D eigenvalue weighted by Crippen LogP contribution is 2.25. The normalized spacial score (nSPS) is 25.4. The lowest BCUT2D eigenvalue weighted by molar-refractivity contribution is -0.142. The molecule has 1 heterocycles. The van der Waals surface area contributed by atoms with Crippen molar-refractivity contribution in [1.29, 1.82) is 0 Å². The third kappa shape index (κ3) is 3.08. The van der Waals surface area contributed by atoms with Crippen LogP contribution >= 0.6 is 0 Å². The van der Waals surface area contributed by atoms with Crippen LogP contribution in [0.2, 0.25) is 0 Å². The molecule has 0 aromatic carbocycles. The van der Waals surface area contributed by atoms with Crippen LogP contribution in [0.25, 0.3) is 0 Å². The van der Waals surface area contributed by atoms with Gasteiger partial charge in [-0.1, -0.05) is 0 Å². The number of rotatable bonds is 4. The average Bonchev–Trinajstić information content (AvgIpc) is 2.06. The lowest BCUT2D eigenvalue weighted by atomic mass is 9.86. The zero-order chi connectivity index (χ0) is 10.6. The van der Waals surface area contributed by atoms with Crippen molar-refractivity contribution in [1.82, 2.24) is 0 Å². The van der Waals surface area contributed by atoms with E-state index in [1.807, 2.05) is 0 Å². The molecule has 1 aliphatic heterocycles. The number of ether oxygens (including phenoxy) is 1. The van der Waals surface area contributed by atoms with E-state index >= 15 is 0 Å². The zero-order valence-corrected chi connectivity index (χ0v) is 7.55. The average molecular weight is 200 g/mol. The minimum atomic E-state index is -0.927. The van der Waals surface area contributed by atoms with Crippen LogP contribution in [0.3, 0.4) is 0 Å². The summed E-state index contributed by atoms with van der Waals surface area (Å²) < 4.78 is 4.96. The van der Waals surface area contributed by atoms with Gasteiger partial charge in [0.1, 0.15) is 0 Å². The molecule has 1 rings (SSSR count). The van der Waals surface area contributed by atoms with E-state index in [4.69, 9.17) is 14.9 Å². The van der Waals surface area contributed by atoms with E-state index in [2.05, 4.69) is 0 Å². The highest BCUT2D eigenvalue weighted by molar-refractivity contribution is 5.69. The lowest BCUT2D eigenvalue weighted by Crippen LogP contribution is -2.26. The molecule has 0 radical (unpaired) electrons. The maximum Gasteiger partial charge on any atom is 0.303 e. The summed E-state index contributed by atoms with van der Waals surface area (Å²) in [4.78, 5) is 20.9. The van der Waals surface area contributed by atoms with Crippen LogP contribution in [0.4, 0.5) is 0 Å². The van der Waals surface area contributed by atoms with Crippen molar-refractivity contribution in [3.05, 3.63) is 12.3 Å². The first kappa shape index (κ1) is 10.6. The molecular weight excluding hydrogens is 188 g/mol. The zero-order valence-electron chi connectivity index (χ0n) is 7.55. The Balaban J connectivity index is 2.57. The van der Waals surface area contributed by atoms with Crippen molar-refractivity contribution in [2.24, 2.45) is 11.8 Å². The number of carbonyl (C=O) groups is 2. The number of hydrogen-bond acceptors (Lipinski definition) is 3. The first-order valence-corrected chi connectivity index (χ1v) is 4.31. The Hall–Kier alpha value is -1.52. The predicted octanol–water partition coefficient (Wildman–Crippen LogP) is 0.712. The Morgan fingerprint density at radius 1 is 1.29 bits per heavy atom. The second kappa shape index (κ2) is 4.64. The van der Waals surface area contributed by atoms with Crippen molar-refractivity contribution in [2.75, 3.05) is 6.61 Å². The molecule has 0 saturated heterocycles. The topological polar surface area (TPSA) is 83.8 Å². The molecule has 1 aliphatic rings. The summed E-state index contributed by atoms with van der Waals surface area (Å²) >= 11 is 0. The van der Waals surface area contributed by atoms with Gasteiger partial charge in [-0.15, -0.1) is 0 Å². The maximum absolute atomic E-state index is 10.5. The van der Waals surface area contributed by atoms with Gasteiger partial charge in [-0.25, -0.2) is 0 Å². The van der Waals surface area contributed by atoms with Gasteiger partial charge in [-0.05, 0) is 12.0 Å². The van der Waals surface area contributed by atoms with Crippen LogP contribution in [0.1, 0.15) is 12.8 Å². The van der Waals surface area contributed by atoms with Gasteiger partial charge in [-0.2, -0.15) is 0 Å². The van der Waals surface area contributed by atoms with E-state index in [1.54, 1.807) is 6.08 Å². The quantitative estimate of drug-likeness (QED) is 0.698. The van der Waals surface area contributed by atoms with Gasteiger partial charge >= 0.3 is 11.9 Å². The van der Waals surface area contributed by atoms with Crippen molar-refractivity contribution >= 4 is 11.9 Å². The van der Waals surface area contributed by atoms with Crippen molar-refractivity contribution in [3.8, 4) is 0 Å². The highest BCUT2D eigenvalue weighted by Gasteiger charge is 2.26. The first-order valence-electron chi connectivity index (χ1n) is 4.31. The molecule has 0 fully saturated rings. The summed E-state index contributed by atoms with van der Waals surface area (Å²) in [7, 11) is 0. The van der Waals surface area contributed by atoms with Gasteiger partial charge in [0.15, 0.2) is 0 Å². The van der Waals surface area contributed by atoms with Crippen LogP contribution in [-0.2, 0) is 14.3 Å². The molecule has 14 heavy (non-hydrogen) atoms. The fraction of sp³-hybridized carbons (Fsp3) is 0.556. The molecule has 0 bridgehead atoms. The smallest absolute Gasteiger partial charge is 0.303 e. The minimum Gasteiger partial charge on any atom is -0.501 e. The summed E-state index contributed by atoms with van der Waals surface area (Å²) in [5.41, 5.74) is 0. The van der Waals surface area contributed by atoms with E-state index in [1.165, 1.54) is 6.26 Å². The number of carboxylic acids is 2. The minimum absolute atomic E-state index is 0.0438. The molecule has 5 heteroatoms. The molecular formula is C9H12O5. The van der Waals surface area contributed by atoms with Gasteiger partial charge in [0.2, 0.25) is 0 Å². The Bertz CT molecular complexity index is 258. The third-order valence-electron chi connectivity index (χ3n) is 2.18. The van der Waals surface area contributed by atoms with Crippen LogP contribution in [0, 0.1) is 11.8 Å². The molecule has 2 unspecified atom stereocenters. The SMILES string of the molecule is O=C(O)CC1C=COCC1CC(=O)O. The molecule has 2 N–H and O–H groups in total. The van der Waals surface area contributed by atoms with Gasteiger partial charge < -0.3 is 14.9 Å². The summed E-state index contributed by atoms with van der Waals surface area (Å²) in [5.74, 6) is -2.33. The summed E-state index contributed by atoms with van der Waals surface area (Å²) in [6.45, 7) is 0.279. The summed E-state index contributed by atoms with van der Waals surface area (Å²) in [6, 6.07) is 0. The monoisotopic (exact) mass is 200 g/mol. The van der Waals surface area contributed by atoms with Gasteiger partial charge in [0.25, 0.3) is 0 Å². The molecule has 2 atom stereocenters. The fourth-order valence-corrected chi connectivity index (χ4v) is 1.49. The Kier molecular flexibility index (Phi) is 3.50. The number of hydrogen-bond donors (Lipinski definition) is 2. The number of aliphatic carboxylic acids is 2. The number of allylic oxidation sites excluding steroid dienone is 1. The molecule has 0 amide bonds. The largest absolute Gasteiger partial charge is 0.501 e. The molecule has 0 aromatic rings. The van der Waals surface area contributed by atoms with E-state index < -0.39 is 11.9 Å². The molecule has 0 aliphatic carbocycles. The second-order valence-electron chi connectivity index (χ2n) is 3.28. The summed E-state index contributed by atoms with van der Waals surface area (Å²) in [5, 5.41) is 17.2. The van der Waals surface area contributed by atoms with Gasteiger partial charge in [0, 0.05) is 5.92 Å². The standard InChI is InChI=1S/C9H12O5/c10-8(11)3-6-1-2-14-5-7(6)4-9(12)13/h1-2,6-7H,3-5H2,(H,10,11)(H,12,13). The van der Waals surface area contributed by atoms with E-state index in [0.717, 1.165) is 0 Å². The van der Waals surface area contributed by atoms with E-state index in [-0.39, 0.29) is 31.3 Å². The molecule has 0 spiro atoms. The molecule has 0 saturated carbocycles. The van der Waals surface area contributed by atoms with E-state index in [9.17, 15) is 9.59 Å². The van der Waals surface area contributed by atoms with Crippen LogP contribution < -0.4 is 0 Å². The highest BCUT2D eigenvalue weighted by atomic mass is 16.5. The Morgan fingerprint density at radius 2 is 1.93 bits per heavy atom. The van der Waals surface area contributed by atoms with Crippen molar-refractivity contribution < 1.29 is 24.5 Å². The fourth-order valence-electron chi connectivity index (χ4n) is 1.49. The summed E-state index contributed by atoms with van der Waals surface area (Å²) in [6.07, 6.45) is 2.96. The van der Waals surface area contributed by atoms with Crippen LogP contribution in [0.5, 0.6) is 0 Å². The maximum atomic E-state index is 10.5. The second-order valence-corrected chi connectivity index (χ2v) is 3.28. The van der Waals surface area contributed by atoms with Crippen LogP contribution in [-0.4, -0.2) is 28.8 Å². The predicted molar refractivity (Wildman–Crippen MR) is 46.6 cm³/mol. The van der Waals surface area contributed by atoms with Crippen LogP contribution in [0.15, 0.2) is 12.3 Å². The van der Waals surface area contributed by atoms with Gasteiger partial charge in [0.05, 0.1) is 25.7 Å². The number of carboxylic acid groups (broad SMARTS) is 2. The Labute approximate surface area is 81.0 Å². The van der Waals surface area contributed by atoms with Crippen molar-refractivity contribution in [2.45, 2.75) is 12.8 Å². The first-order chi connectivity index (χ1) is 6.59. The molecule has 5 nitrogen and oxygen atoms in total. The Morgan fingerprint density at radius 3 is 2.50 bits per heavy atom. The van der Waals surface area contributed by atoms with E-state index in [0.29, 0.717) is 0 Å². The lowest BCUT2D eigenvalue weighted by Gasteiger charge is -2.24. The third-order valence-corrected chi connectivity index (χ3v) is 2.18.